The first-order valence-corrected chi connectivity index (χ1v) is 31.4. The van der Waals surface area contributed by atoms with Crippen molar-refractivity contribution >= 4 is 11.9 Å². The van der Waals surface area contributed by atoms with Crippen LogP contribution >= 0.6 is 0 Å². The summed E-state index contributed by atoms with van der Waals surface area (Å²) in [5, 5.41) is 23.3. The van der Waals surface area contributed by atoms with Crippen molar-refractivity contribution in [1.82, 2.24) is 5.32 Å². The minimum absolute atomic E-state index is 0.00737. The number of nitrogens with one attached hydrogen (secondary N) is 1. The highest BCUT2D eigenvalue weighted by molar-refractivity contribution is 5.76. The first-order chi connectivity index (χ1) is 34.0. The summed E-state index contributed by atoms with van der Waals surface area (Å²) in [7, 11) is 0. The highest BCUT2D eigenvalue weighted by Gasteiger charge is 2.20. The molecular weight excluding hydrogens is 851 g/mol. The molecule has 0 radical (unpaired) electrons. The van der Waals surface area contributed by atoms with E-state index < -0.39 is 12.1 Å². The van der Waals surface area contributed by atoms with Gasteiger partial charge < -0.3 is 20.3 Å². The van der Waals surface area contributed by atoms with Crippen LogP contribution in [0.25, 0.3) is 0 Å². The second kappa shape index (κ2) is 59.2. The first-order valence-electron chi connectivity index (χ1n) is 31.4. The Hall–Kier alpha value is -1.40. The molecule has 1 amide bonds. The topological polar surface area (TPSA) is 95.9 Å². The molecule has 0 bridgehead atoms. The number of hydrogen-bond donors (Lipinski definition) is 3. The third kappa shape index (κ3) is 55.8. The number of allylic oxidation sites excluding steroid dienone is 2. The number of esters is 1. The molecule has 0 aromatic heterocycles. The molecule has 6 heteroatoms. The molecule has 0 aliphatic rings. The van der Waals surface area contributed by atoms with E-state index in [9.17, 15) is 19.8 Å². The van der Waals surface area contributed by atoms with Gasteiger partial charge in [0.2, 0.25) is 5.91 Å². The van der Waals surface area contributed by atoms with Crippen LogP contribution < -0.4 is 5.32 Å². The summed E-state index contributed by atoms with van der Waals surface area (Å²) in [6.07, 6.45) is 70.8. The van der Waals surface area contributed by atoms with E-state index in [4.69, 9.17) is 4.74 Å². The number of rotatable bonds is 59. The van der Waals surface area contributed by atoms with Crippen LogP contribution in [0.1, 0.15) is 354 Å². The van der Waals surface area contributed by atoms with E-state index in [0.717, 1.165) is 70.6 Å². The predicted octanol–water partition coefficient (Wildman–Crippen LogP) is 19.6. The molecule has 0 saturated heterocycles. The number of carbonyl (C=O) groups is 2. The van der Waals surface area contributed by atoms with Gasteiger partial charge >= 0.3 is 5.97 Å². The first kappa shape index (κ1) is 67.6. The summed E-state index contributed by atoms with van der Waals surface area (Å²) in [5.74, 6) is -0.0679. The van der Waals surface area contributed by atoms with Crippen molar-refractivity contribution in [1.29, 1.82) is 0 Å². The number of hydrogen-bond acceptors (Lipinski definition) is 5. The van der Waals surface area contributed by atoms with E-state index in [-0.39, 0.29) is 18.5 Å². The van der Waals surface area contributed by atoms with Crippen LogP contribution in [-0.4, -0.2) is 47.4 Å². The maximum absolute atomic E-state index is 12.5. The summed E-state index contributed by atoms with van der Waals surface area (Å²) in [5.41, 5.74) is 0. The van der Waals surface area contributed by atoms with Gasteiger partial charge in [-0.25, -0.2) is 0 Å². The molecule has 410 valence electrons. The van der Waals surface area contributed by atoms with Crippen molar-refractivity contribution in [3.05, 3.63) is 12.2 Å². The van der Waals surface area contributed by atoms with Crippen LogP contribution in [0.15, 0.2) is 12.2 Å². The fourth-order valence-electron chi connectivity index (χ4n) is 9.99. The lowest BCUT2D eigenvalue weighted by Gasteiger charge is -2.22. The normalized spacial score (nSPS) is 12.6. The van der Waals surface area contributed by atoms with E-state index in [1.54, 1.807) is 0 Å². The summed E-state index contributed by atoms with van der Waals surface area (Å²) < 4.78 is 5.48. The third-order valence-electron chi connectivity index (χ3n) is 14.8. The Balaban J connectivity index is 3.46. The van der Waals surface area contributed by atoms with E-state index >= 15 is 0 Å². The van der Waals surface area contributed by atoms with E-state index in [0.29, 0.717) is 25.9 Å². The zero-order valence-corrected chi connectivity index (χ0v) is 46.8. The lowest BCUT2D eigenvalue weighted by atomic mass is 10.0. The average Bonchev–Trinajstić information content (AvgIpc) is 3.35. The molecule has 2 unspecified atom stereocenters. The Kier molecular flexibility index (Phi) is 58.0. The highest BCUT2D eigenvalue weighted by atomic mass is 16.5. The Morgan fingerprint density at radius 1 is 0.391 bits per heavy atom. The molecular formula is C63H123NO5. The smallest absolute Gasteiger partial charge is 0.305 e. The van der Waals surface area contributed by atoms with E-state index in [2.05, 4.69) is 31.3 Å². The summed E-state index contributed by atoms with van der Waals surface area (Å²) >= 11 is 0. The molecule has 2 atom stereocenters. The molecule has 69 heavy (non-hydrogen) atoms. The van der Waals surface area contributed by atoms with Crippen molar-refractivity contribution in [3.63, 3.8) is 0 Å². The van der Waals surface area contributed by atoms with Crippen LogP contribution in [-0.2, 0) is 14.3 Å². The largest absolute Gasteiger partial charge is 0.466 e. The zero-order chi connectivity index (χ0) is 50.0. The highest BCUT2D eigenvalue weighted by Crippen LogP contribution is 2.18. The number of aliphatic hydroxyl groups is 2. The second-order valence-electron chi connectivity index (χ2n) is 21.7. The van der Waals surface area contributed by atoms with E-state index in [1.165, 1.54) is 250 Å². The van der Waals surface area contributed by atoms with Gasteiger partial charge in [-0.2, -0.15) is 0 Å². The van der Waals surface area contributed by atoms with Crippen molar-refractivity contribution in [2.24, 2.45) is 0 Å². The summed E-state index contributed by atoms with van der Waals surface area (Å²) in [6.45, 7) is 4.95. The number of amides is 1. The molecule has 0 spiro atoms. The quantitative estimate of drug-likeness (QED) is 0.0321. The predicted molar refractivity (Wildman–Crippen MR) is 301 cm³/mol. The zero-order valence-electron chi connectivity index (χ0n) is 46.8. The summed E-state index contributed by atoms with van der Waals surface area (Å²) in [6, 6.07) is -0.562. The lowest BCUT2D eigenvalue weighted by Crippen LogP contribution is -2.45. The van der Waals surface area contributed by atoms with Crippen LogP contribution in [0.5, 0.6) is 0 Å². The SMILES string of the molecule is CCCCCCCCCCCCCCCCCCCCCCCCC(O)C(CO)NC(=O)CCCCC/C=C\CCCCCCCCOC(=O)CCCCCCCCCCCCCCCCCCC. The standard InChI is InChI=1S/C63H123NO5/c1-3-5-7-9-11-13-15-17-19-21-22-23-24-25-27-28-31-35-39-43-47-51-55-61(66)60(59-65)64-62(67)56-52-48-44-40-36-32-30-34-38-42-46-50-54-58-69-63(68)57-53-49-45-41-37-33-29-26-20-18-16-14-12-10-8-6-4-2/h32,36,60-61,65-66H,3-31,33-35,37-59H2,1-2H3,(H,64,67)/b36-32-. The molecule has 0 aliphatic carbocycles. The van der Waals surface area contributed by atoms with Gasteiger partial charge in [0.25, 0.3) is 0 Å². The van der Waals surface area contributed by atoms with Gasteiger partial charge in [-0.3, -0.25) is 9.59 Å². The fraction of sp³-hybridized carbons (Fsp3) is 0.937. The van der Waals surface area contributed by atoms with Gasteiger partial charge in [0.05, 0.1) is 25.4 Å². The molecule has 0 fully saturated rings. The van der Waals surface area contributed by atoms with E-state index in [1.807, 2.05) is 0 Å². The van der Waals surface area contributed by atoms with Crippen LogP contribution in [0.2, 0.25) is 0 Å². The third-order valence-corrected chi connectivity index (χ3v) is 14.8. The van der Waals surface area contributed by atoms with Crippen LogP contribution in [0, 0.1) is 0 Å². The van der Waals surface area contributed by atoms with Gasteiger partial charge in [0.1, 0.15) is 0 Å². The molecule has 0 aliphatic heterocycles. The molecule has 3 N–H and O–H groups in total. The van der Waals surface area contributed by atoms with Gasteiger partial charge in [0, 0.05) is 12.8 Å². The minimum atomic E-state index is -0.682. The van der Waals surface area contributed by atoms with Crippen LogP contribution in [0.3, 0.4) is 0 Å². The van der Waals surface area contributed by atoms with Crippen molar-refractivity contribution < 1.29 is 24.5 Å². The Bertz CT molecular complexity index is 1030. The van der Waals surface area contributed by atoms with Gasteiger partial charge in [-0.15, -0.1) is 0 Å². The molecule has 0 rings (SSSR count). The van der Waals surface area contributed by atoms with Gasteiger partial charge in [-0.1, -0.05) is 302 Å². The monoisotopic (exact) mass is 974 g/mol. The minimum Gasteiger partial charge on any atom is -0.466 e. The Labute approximate surface area is 431 Å². The fourth-order valence-corrected chi connectivity index (χ4v) is 9.99. The average molecular weight is 975 g/mol. The molecule has 0 saturated carbocycles. The van der Waals surface area contributed by atoms with Gasteiger partial charge in [0.15, 0.2) is 0 Å². The van der Waals surface area contributed by atoms with Crippen molar-refractivity contribution in [2.45, 2.75) is 366 Å². The molecule has 0 heterocycles. The lowest BCUT2D eigenvalue weighted by molar-refractivity contribution is -0.143. The molecule has 6 nitrogen and oxygen atoms in total. The Morgan fingerprint density at radius 3 is 1.04 bits per heavy atom. The molecule has 0 aromatic carbocycles. The number of ether oxygens (including phenoxy) is 1. The maximum atomic E-state index is 12.5. The summed E-state index contributed by atoms with van der Waals surface area (Å²) in [4.78, 5) is 24.6. The van der Waals surface area contributed by atoms with Crippen molar-refractivity contribution in [3.8, 4) is 0 Å². The number of unbranched alkanes of at least 4 members (excludes halogenated alkanes) is 46. The van der Waals surface area contributed by atoms with Gasteiger partial charge in [-0.05, 0) is 51.4 Å². The Morgan fingerprint density at radius 2 is 0.681 bits per heavy atom. The second-order valence-corrected chi connectivity index (χ2v) is 21.7. The van der Waals surface area contributed by atoms with Crippen LogP contribution in [0.4, 0.5) is 0 Å². The maximum Gasteiger partial charge on any atom is 0.305 e. The number of aliphatic hydroxyl groups excluding tert-OH is 2. The number of carbonyl (C=O) groups excluding carboxylic acids is 2. The molecule has 0 aromatic rings. The van der Waals surface area contributed by atoms with Crippen molar-refractivity contribution in [2.75, 3.05) is 13.2 Å².